The van der Waals surface area contributed by atoms with E-state index in [2.05, 4.69) is 106 Å². The van der Waals surface area contributed by atoms with Crippen LogP contribution in [0.15, 0.2) is 85.1 Å². The molecule has 97 heavy (non-hydrogen) atoms. The summed E-state index contributed by atoms with van der Waals surface area (Å²) in [4.78, 5) is 58.4. The second-order valence-electron chi connectivity index (χ2n) is 26.1. The van der Waals surface area contributed by atoms with Crippen molar-refractivity contribution >= 4 is 33.6 Å². The average Bonchev–Trinajstić information content (AvgIpc) is 3.05. The van der Waals surface area contributed by atoms with Crippen LogP contribution in [0.1, 0.15) is 342 Å². The summed E-state index contributed by atoms with van der Waals surface area (Å²) < 4.78 is 60.9. The van der Waals surface area contributed by atoms with Crippen molar-refractivity contribution in [2.45, 2.75) is 360 Å². The number of carbonyl (C=O) groups is 3. The van der Waals surface area contributed by atoms with Crippen LogP contribution in [0.3, 0.4) is 0 Å². The van der Waals surface area contributed by atoms with Gasteiger partial charge in [-0.1, -0.05) is 311 Å². The summed E-state index contributed by atoms with van der Waals surface area (Å²) in [6.07, 6.45) is 81.0. The number of hydrogen-bond donors (Lipinski definition) is 4. The van der Waals surface area contributed by atoms with E-state index in [1.54, 1.807) is 0 Å². The summed E-state index contributed by atoms with van der Waals surface area (Å²) in [5.74, 6) is -1.58. The molecule has 0 radical (unpaired) electrons. The fourth-order valence-corrected chi connectivity index (χ4v) is 12.3. The van der Waals surface area contributed by atoms with E-state index in [-0.39, 0.29) is 19.3 Å². The summed E-state index contributed by atoms with van der Waals surface area (Å²) in [7, 11) is -9.77. The van der Waals surface area contributed by atoms with Crippen molar-refractivity contribution in [3.63, 3.8) is 0 Å². The number of allylic oxidation sites excluding steroid dienone is 14. The monoisotopic (exact) mass is 1410 g/mol. The molecule has 0 aromatic carbocycles. The summed E-state index contributed by atoms with van der Waals surface area (Å²) >= 11 is 0. The molecule has 0 aliphatic heterocycles. The summed E-state index contributed by atoms with van der Waals surface area (Å²) in [5, 5.41) is 20.6. The number of rotatable bonds is 74. The molecule has 5 unspecified atom stereocenters. The zero-order chi connectivity index (χ0) is 70.9. The van der Waals surface area contributed by atoms with Gasteiger partial charge in [-0.2, -0.15) is 0 Å². The summed E-state index contributed by atoms with van der Waals surface area (Å²) in [6.45, 7) is 2.54. The number of phosphoric ester groups is 2. The number of esters is 3. The number of aliphatic hydroxyl groups is 2. The van der Waals surface area contributed by atoms with E-state index in [1.807, 2.05) is 0 Å². The quantitative estimate of drug-likeness (QED) is 0.0146. The third-order valence-electron chi connectivity index (χ3n) is 16.6. The van der Waals surface area contributed by atoms with Crippen LogP contribution in [-0.4, -0.2) is 95.9 Å². The third-order valence-corrected chi connectivity index (χ3v) is 18.5. The topological polar surface area (TPSA) is 231 Å². The first-order valence-electron chi connectivity index (χ1n) is 38.9. The molecule has 0 aromatic heterocycles. The first-order chi connectivity index (χ1) is 47.2. The van der Waals surface area contributed by atoms with Crippen LogP contribution in [-0.2, 0) is 55.8 Å². The average molecular weight is 1410 g/mol. The van der Waals surface area contributed by atoms with Gasteiger partial charge in [0.25, 0.3) is 0 Å². The zero-order valence-corrected chi connectivity index (χ0v) is 63.3. The van der Waals surface area contributed by atoms with Gasteiger partial charge in [-0.05, 0) is 96.3 Å². The van der Waals surface area contributed by atoms with E-state index in [0.29, 0.717) is 19.3 Å². The van der Waals surface area contributed by atoms with Gasteiger partial charge in [-0.15, -0.1) is 0 Å². The number of aliphatic hydroxyl groups excluding tert-OH is 2. The van der Waals surface area contributed by atoms with Gasteiger partial charge < -0.3 is 34.2 Å². The molecular weight excluding hydrogens is 1270 g/mol. The van der Waals surface area contributed by atoms with Gasteiger partial charge in [0.1, 0.15) is 25.4 Å². The Morgan fingerprint density at radius 1 is 0.299 bits per heavy atom. The predicted molar refractivity (Wildman–Crippen MR) is 399 cm³/mol. The largest absolute Gasteiger partial charge is 0.472 e. The fraction of sp³-hybridized carbons (Fsp3) is 0.785. The highest BCUT2D eigenvalue weighted by molar-refractivity contribution is 7.47. The molecule has 16 nitrogen and oxygen atoms in total. The maximum absolute atomic E-state index is 12.9. The molecule has 0 bridgehead atoms. The molecule has 0 heterocycles. The molecule has 0 fully saturated rings. The molecule has 0 amide bonds. The Balaban J connectivity index is 4.27. The highest BCUT2D eigenvalue weighted by Crippen LogP contribution is 2.45. The second-order valence-corrected chi connectivity index (χ2v) is 29.0. The number of unbranched alkanes of at least 4 members (excludes halogenated alkanes) is 37. The SMILES string of the molecule is CC/C=C\C/C=C\C/C=C\CCCCCCCC(=O)OCC(COP(=O)(O)OCC(O)COP(=O)(O)OCC(O)COC(=O)CCCCCCCCCCCCCCCCCCCCC/C=C\C/C=C\C/C=C\C/C=C\CCCCC)OC(=O)CCCCCCCCCCCCC. The summed E-state index contributed by atoms with van der Waals surface area (Å²) in [6, 6.07) is 0. The van der Waals surface area contributed by atoms with Crippen LogP contribution in [0.5, 0.6) is 0 Å². The Hall–Kier alpha value is -3.27. The smallest absolute Gasteiger partial charge is 0.463 e. The van der Waals surface area contributed by atoms with Gasteiger partial charge in [-0.25, -0.2) is 9.13 Å². The minimum absolute atomic E-state index is 0.105. The Bertz CT molecular complexity index is 2110. The van der Waals surface area contributed by atoms with Gasteiger partial charge in [0.15, 0.2) is 6.10 Å². The van der Waals surface area contributed by atoms with Gasteiger partial charge in [-0.3, -0.25) is 32.5 Å². The van der Waals surface area contributed by atoms with Crippen molar-refractivity contribution in [1.82, 2.24) is 0 Å². The predicted octanol–water partition coefficient (Wildman–Crippen LogP) is 22.4. The van der Waals surface area contributed by atoms with Crippen LogP contribution in [0, 0.1) is 0 Å². The minimum Gasteiger partial charge on any atom is -0.463 e. The third kappa shape index (κ3) is 73.8. The van der Waals surface area contributed by atoms with Crippen molar-refractivity contribution in [3.8, 4) is 0 Å². The normalized spacial score (nSPS) is 14.5. The van der Waals surface area contributed by atoms with E-state index >= 15 is 0 Å². The van der Waals surface area contributed by atoms with Crippen LogP contribution in [0.2, 0.25) is 0 Å². The van der Waals surface area contributed by atoms with Crippen molar-refractivity contribution in [1.29, 1.82) is 0 Å². The maximum atomic E-state index is 12.9. The van der Waals surface area contributed by atoms with Crippen molar-refractivity contribution in [3.05, 3.63) is 85.1 Å². The maximum Gasteiger partial charge on any atom is 0.472 e. The van der Waals surface area contributed by atoms with Gasteiger partial charge >= 0.3 is 33.6 Å². The van der Waals surface area contributed by atoms with E-state index < -0.39 is 91.5 Å². The Morgan fingerprint density at radius 3 is 0.887 bits per heavy atom. The lowest BCUT2D eigenvalue weighted by Gasteiger charge is -2.21. The van der Waals surface area contributed by atoms with Crippen LogP contribution in [0.25, 0.3) is 0 Å². The van der Waals surface area contributed by atoms with Crippen LogP contribution < -0.4 is 0 Å². The van der Waals surface area contributed by atoms with Crippen molar-refractivity contribution in [2.75, 3.05) is 39.6 Å². The highest BCUT2D eigenvalue weighted by atomic mass is 31.2. The molecule has 18 heteroatoms. The Morgan fingerprint density at radius 2 is 0.546 bits per heavy atom. The number of ether oxygens (including phenoxy) is 3. The molecule has 564 valence electrons. The Kier molecular flexibility index (Phi) is 70.1. The van der Waals surface area contributed by atoms with Crippen molar-refractivity contribution in [2.24, 2.45) is 0 Å². The highest BCUT2D eigenvalue weighted by Gasteiger charge is 2.29. The molecule has 0 rings (SSSR count). The van der Waals surface area contributed by atoms with E-state index in [0.717, 1.165) is 116 Å². The lowest BCUT2D eigenvalue weighted by atomic mass is 10.0. The molecule has 0 aliphatic rings. The van der Waals surface area contributed by atoms with E-state index in [9.17, 15) is 43.5 Å². The molecule has 0 spiro atoms. The van der Waals surface area contributed by atoms with E-state index in [4.69, 9.17) is 32.3 Å². The number of phosphoric acid groups is 2. The molecule has 0 saturated carbocycles. The molecule has 5 atom stereocenters. The van der Waals surface area contributed by atoms with Gasteiger partial charge in [0.05, 0.1) is 26.4 Å². The summed E-state index contributed by atoms with van der Waals surface area (Å²) in [5.41, 5.74) is 0. The van der Waals surface area contributed by atoms with Crippen LogP contribution in [0.4, 0.5) is 0 Å². The second kappa shape index (κ2) is 72.5. The molecule has 0 aliphatic carbocycles. The molecule has 4 N–H and O–H groups in total. The van der Waals surface area contributed by atoms with Crippen molar-refractivity contribution < 1.29 is 75.8 Å². The first kappa shape index (κ1) is 93.7. The zero-order valence-electron chi connectivity index (χ0n) is 61.5. The fourth-order valence-electron chi connectivity index (χ4n) is 10.7. The molecule has 0 saturated heterocycles. The number of carbonyl (C=O) groups excluding carboxylic acids is 3. The molecule has 0 aromatic rings. The lowest BCUT2D eigenvalue weighted by molar-refractivity contribution is -0.161. The minimum atomic E-state index is -4.92. The Labute approximate surface area is 591 Å². The van der Waals surface area contributed by atoms with Gasteiger partial charge in [0.2, 0.25) is 0 Å². The molecular formula is C79H142O16P2. The number of hydrogen-bond acceptors (Lipinski definition) is 14. The standard InChI is InChI=1S/C79H142O16P2/c1-4-7-10-13-16-19-22-24-26-27-28-29-30-31-32-33-34-35-36-37-38-39-40-41-42-43-44-45-47-49-51-53-56-59-62-65-77(82)89-68-74(80)69-91-96(85,86)92-70-75(81)71-93-97(87,88)94-73-76(95-79(84)67-64-61-58-55-50-21-18-15-12-9-6-3)72-90-78(83)66-63-60-57-54-52-48-46-25-23-20-17-14-11-8-5-2/h8,11,16-17,19-20,24-26,28-29,31-32,46,74-76,80-81H,4-7,9-10,12-15,18,21-23,27,30,33-45,47-73H2,1-3H3,(H,85,86)(H,87,88)/b11-8-,19-16-,20-17-,26-24-,29-28-,32-31-,46-25-. The first-order valence-corrected chi connectivity index (χ1v) is 41.9. The van der Waals surface area contributed by atoms with Crippen LogP contribution >= 0.6 is 15.6 Å². The van der Waals surface area contributed by atoms with E-state index in [1.165, 1.54) is 167 Å². The van der Waals surface area contributed by atoms with Gasteiger partial charge in [0, 0.05) is 19.3 Å². The lowest BCUT2D eigenvalue weighted by Crippen LogP contribution is -2.30.